The summed E-state index contributed by atoms with van der Waals surface area (Å²) in [5.74, 6) is -2.97. The van der Waals surface area contributed by atoms with Crippen LogP contribution in [-0.4, -0.2) is 5.78 Å². The first-order valence-corrected chi connectivity index (χ1v) is 5.66. The van der Waals surface area contributed by atoms with Crippen LogP contribution >= 0.6 is 0 Å². The standard InChI is InChI=1S/C15H11F3O/c1-8-5-11(16)6-9(2)14(8)15(19)10-3-4-12(17)13(18)7-10/h3-7H,1-2H3. The van der Waals surface area contributed by atoms with Gasteiger partial charge in [0.2, 0.25) is 0 Å². The summed E-state index contributed by atoms with van der Waals surface area (Å²) in [5.41, 5.74) is 1.28. The molecule has 2 aromatic carbocycles. The van der Waals surface area contributed by atoms with Crippen molar-refractivity contribution in [3.63, 3.8) is 0 Å². The van der Waals surface area contributed by atoms with Crippen LogP contribution in [0.5, 0.6) is 0 Å². The molecule has 0 aliphatic rings. The van der Waals surface area contributed by atoms with E-state index in [1.54, 1.807) is 13.8 Å². The van der Waals surface area contributed by atoms with Gasteiger partial charge in [-0.1, -0.05) is 0 Å². The highest BCUT2D eigenvalue weighted by atomic mass is 19.2. The van der Waals surface area contributed by atoms with Gasteiger partial charge in [-0.05, 0) is 55.3 Å². The van der Waals surface area contributed by atoms with Gasteiger partial charge in [0.15, 0.2) is 17.4 Å². The normalized spacial score (nSPS) is 10.6. The van der Waals surface area contributed by atoms with Crippen molar-refractivity contribution in [2.45, 2.75) is 13.8 Å². The van der Waals surface area contributed by atoms with Crippen LogP contribution in [-0.2, 0) is 0 Å². The zero-order chi connectivity index (χ0) is 14.2. The molecule has 0 bridgehead atoms. The molecule has 0 N–H and O–H groups in total. The SMILES string of the molecule is Cc1cc(F)cc(C)c1C(=O)c1ccc(F)c(F)c1. The van der Waals surface area contributed by atoms with Crippen LogP contribution in [0.1, 0.15) is 27.0 Å². The maximum absolute atomic E-state index is 13.2. The number of aryl methyl sites for hydroxylation is 2. The van der Waals surface area contributed by atoms with Crippen LogP contribution in [0.25, 0.3) is 0 Å². The van der Waals surface area contributed by atoms with Crippen LogP contribution in [0.3, 0.4) is 0 Å². The van der Waals surface area contributed by atoms with Crippen LogP contribution in [0.2, 0.25) is 0 Å². The van der Waals surface area contributed by atoms with E-state index in [1.807, 2.05) is 0 Å². The lowest BCUT2D eigenvalue weighted by Gasteiger charge is -2.09. The van der Waals surface area contributed by atoms with E-state index in [2.05, 4.69) is 0 Å². The lowest BCUT2D eigenvalue weighted by molar-refractivity contribution is 0.103. The third-order valence-electron chi connectivity index (χ3n) is 2.91. The average Bonchev–Trinajstić information content (AvgIpc) is 2.31. The van der Waals surface area contributed by atoms with Crippen molar-refractivity contribution < 1.29 is 18.0 Å². The second-order valence-electron chi connectivity index (χ2n) is 4.37. The summed E-state index contributed by atoms with van der Waals surface area (Å²) in [5, 5.41) is 0. The number of ketones is 1. The first-order chi connectivity index (χ1) is 8.90. The Hall–Kier alpha value is -2.10. The summed E-state index contributed by atoms with van der Waals surface area (Å²) in [6.07, 6.45) is 0. The molecule has 0 spiro atoms. The number of benzene rings is 2. The molecule has 0 aliphatic carbocycles. The van der Waals surface area contributed by atoms with E-state index in [0.717, 1.165) is 12.1 Å². The molecule has 2 aromatic rings. The fraction of sp³-hybridized carbons (Fsp3) is 0.133. The van der Waals surface area contributed by atoms with Crippen molar-refractivity contribution in [1.82, 2.24) is 0 Å². The van der Waals surface area contributed by atoms with Crippen LogP contribution < -0.4 is 0 Å². The summed E-state index contributed by atoms with van der Waals surface area (Å²) in [6, 6.07) is 5.43. The highest BCUT2D eigenvalue weighted by Gasteiger charge is 2.17. The minimum atomic E-state index is -1.08. The predicted octanol–water partition coefficient (Wildman–Crippen LogP) is 3.95. The number of carbonyl (C=O) groups is 1. The molecule has 2 rings (SSSR count). The van der Waals surface area contributed by atoms with Crippen molar-refractivity contribution in [1.29, 1.82) is 0 Å². The van der Waals surface area contributed by atoms with Gasteiger partial charge in [0.1, 0.15) is 5.82 Å². The molecule has 0 radical (unpaired) electrons. The number of hydrogen-bond acceptors (Lipinski definition) is 1. The van der Waals surface area contributed by atoms with Gasteiger partial charge in [0.05, 0.1) is 0 Å². The summed E-state index contributed by atoms with van der Waals surface area (Å²) >= 11 is 0. The summed E-state index contributed by atoms with van der Waals surface area (Å²) < 4.78 is 39.1. The van der Waals surface area contributed by atoms with E-state index in [4.69, 9.17) is 0 Å². The van der Waals surface area contributed by atoms with Crippen LogP contribution in [0.4, 0.5) is 13.2 Å². The number of halogens is 3. The van der Waals surface area contributed by atoms with Gasteiger partial charge in [-0.15, -0.1) is 0 Å². The lowest BCUT2D eigenvalue weighted by Crippen LogP contribution is -2.07. The van der Waals surface area contributed by atoms with Gasteiger partial charge in [-0.3, -0.25) is 4.79 Å². The lowest BCUT2D eigenvalue weighted by atomic mass is 9.94. The van der Waals surface area contributed by atoms with E-state index < -0.39 is 23.2 Å². The van der Waals surface area contributed by atoms with Gasteiger partial charge in [0.25, 0.3) is 0 Å². The molecule has 0 fully saturated rings. The predicted molar refractivity (Wildman–Crippen MR) is 65.7 cm³/mol. The van der Waals surface area contributed by atoms with Gasteiger partial charge < -0.3 is 0 Å². The van der Waals surface area contributed by atoms with Gasteiger partial charge in [0, 0.05) is 11.1 Å². The van der Waals surface area contributed by atoms with Crippen molar-refractivity contribution >= 4 is 5.78 Å². The highest BCUT2D eigenvalue weighted by molar-refractivity contribution is 6.10. The van der Waals surface area contributed by atoms with Crippen molar-refractivity contribution in [2.24, 2.45) is 0 Å². The van der Waals surface area contributed by atoms with E-state index in [0.29, 0.717) is 16.7 Å². The molecule has 0 unspecified atom stereocenters. The Kier molecular flexibility index (Phi) is 3.42. The van der Waals surface area contributed by atoms with E-state index >= 15 is 0 Å². The second kappa shape index (κ2) is 4.88. The van der Waals surface area contributed by atoms with Gasteiger partial charge >= 0.3 is 0 Å². The zero-order valence-corrected chi connectivity index (χ0v) is 10.4. The van der Waals surface area contributed by atoms with E-state index in [9.17, 15) is 18.0 Å². The Labute approximate surface area is 108 Å². The smallest absolute Gasteiger partial charge is 0.193 e. The molecule has 19 heavy (non-hydrogen) atoms. The maximum Gasteiger partial charge on any atom is 0.193 e. The average molecular weight is 264 g/mol. The molecule has 0 aliphatic heterocycles. The Morgan fingerprint density at radius 3 is 2.00 bits per heavy atom. The van der Waals surface area contributed by atoms with Crippen molar-refractivity contribution in [3.8, 4) is 0 Å². The molecule has 1 nitrogen and oxygen atoms in total. The van der Waals surface area contributed by atoms with Crippen molar-refractivity contribution in [2.75, 3.05) is 0 Å². The quantitative estimate of drug-likeness (QED) is 0.750. The maximum atomic E-state index is 13.2. The molecule has 0 heterocycles. The van der Waals surface area contributed by atoms with Gasteiger partial charge in [-0.25, -0.2) is 13.2 Å². The number of rotatable bonds is 2. The molecular weight excluding hydrogens is 253 g/mol. The third kappa shape index (κ3) is 2.52. The molecule has 98 valence electrons. The van der Waals surface area contributed by atoms with Crippen LogP contribution in [0.15, 0.2) is 30.3 Å². The summed E-state index contributed by atoms with van der Waals surface area (Å²) in [6.45, 7) is 3.20. The zero-order valence-electron chi connectivity index (χ0n) is 10.4. The highest BCUT2D eigenvalue weighted by Crippen LogP contribution is 2.21. The summed E-state index contributed by atoms with van der Waals surface area (Å²) in [7, 11) is 0. The molecule has 0 atom stereocenters. The van der Waals surface area contributed by atoms with Gasteiger partial charge in [-0.2, -0.15) is 0 Å². The summed E-state index contributed by atoms with van der Waals surface area (Å²) in [4.78, 5) is 12.3. The second-order valence-corrected chi connectivity index (χ2v) is 4.37. The first kappa shape index (κ1) is 13.3. The Bertz CT molecular complexity index is 639. The Balaban J connectivity index is 2.53. The molecule has 4 heteroatoms. The molecule has 0 saturated heterocycles. The molecular formula is C15H11F3O. The molecule has 0 saturated carbocycles. The third-order valence-corrected chi connectivity index (χ3v) is 2.91. The minimum absolute atomic E-state index is 0.0386. The topological polar surface area (TPSA) is 17.1 Å². The van der Waals surface area contributed by atoms with Crippen LogP contribution in [0, 0.1) is 31.3 Å². The largest absolute Gasteiger partial charge is 0.289 e. The Morgan fingerprint density at radius 2 is 1.47 bits per heavy atom. The Morgan fingerprint density at radius 1 is 0.895 bits per heavy atom. The van der Waals surface area contributed by atoms with E-state index in [-0.39, 0.29) is 5.56 Å². The monoisotopic (exact) mass is 264 g/mol. The fourth-order valence-corrected chi connectivity index (χ4v) is 2.05. The first-order valence-electron chi connectivity index (χ1n) is 5.66. The number of carbonyl (C=O) groups excluding carboxylic acids is 1. The van der Waals surface area contributed by atoms with E-state index in [1.165, 1.54) is 18.2 Å². The fourth-order valence-electron chi connectivity index (χ4n) is 2.05. The molecule has 0 aromatic heterocycles. The van der Waals surface area contributed by atoms with Crippen molar-refractivity contribution in [3.05, 3.63) is 70.0 Å². The number of hydrogen-bond donors (Lipinski definition) is 0. The minimum Gasteiger partial charge on any atom is -0.289 e. The molecule has 0 amide bonds.